The highest BCUT2D eigenvalue weighted by Gasteiger charge is 2.36. The first kappa shape index (κ1) is 12.6. The lowest BCUT2D eigenvalue weighted by molar-refractivity contribution is 0.315. The van der Waals surface area contributed by atoms with E-state index in [0.29, 0.717) is 0 Å². The molecule has 0 aromatic rings. The summed E-state index contributed by atoms with van der Waals surface area (Å²) >= 11 is 0. The SMILES string of the molecule is C1CCC2NC(CNC3CCN(C4CC4)C3)CC2C1. The number of likely N-dealkylation sites (tertiary alicyclic amines) is 1. The molecule has 3 heteroatoms. The maximum atomic E-state index is 3.89. The monoisotopic (exact) mass is 263 g/mol. The van der Waals surface area contributed by atoms with Crippen molar-refractivity contribution in [3.63, 3.8) is 0 Å². The Labute approximate surface area is 117 Å². The summed E-state index contributed by atoms with van der Waals surface area (Å²) in [6.45, 7) is 3.85. The molecule has 108 valence electrons. The lowest BCUT2D eigenvalue weighted by Gasteiger charge is -2.24. The first-order valence-electron chi connectivity index (χ1n) is 8.62. The van der Waals surface area contributed by atoms with Crippen LogP contribution in [-0.4, -0.2) is 48.7 Å². The van der Waals surface area contributed by atoms with Gasteiger partial charge in [-0.15, -0.1) is 0 Å². The molecular formula is C16H29N3. The molecule has 0 radical (unpaired) electrons. The van der Waals surface area contributed by atoms with Crippen LogP contribution in [0.5, 0.6) is 0 Å². The van der Waals surface area contributed by atoms with Crippen LogP contribution in [0.3, 0.4) is 0 Å². The minimum atomic E-state index is 0.753. The van der Waals surface area contributed by atoms with Crippen LogP contribution >= 0.6 is 0 Å². The van der Waals surface area contributed by atoms with Gasteiger partial charge in [0.1, 0.15) is 0 Å². The molecule has 2 heterocycles. The van der Waals surface area contributed by atoms with E-state index in [0.717, 1.165) is 30.1 Å². The predicted molar refractivity (Wildman–Crippen MR) is 78.3 cm³/mol. The number of fused-ring (bicyclic) bond motifs is 1. The third-order valence-electron chi connectivity index (χ3n) is 5.88. The largest absolute Gasteiger partial charge is 0.311 e. The van der Waals surface area contributed by atoms with E-state index in [1.807, 2.05) is 0 Å². The fourth-order valence-corrected chi connectivity index (χ4v) is 4.62. The van der Waals surface area contributed by atoms with Gasteiger partial charge >= 0.3 is 0 Å². The lowest BCUT2D eigenvalue weighted by Crippen LogP contribution is -2.42. The van der Waals surface area contributed by atoms with Crippen LogP contribution < -0.4 is 10.6 Å². The third kappa shape index (κ3) is 2.84. The molecule has 2 aliphatic heterocycles. The number of hydrogen-bond donors (Lipinski definition) is 2. The second kappa shape index (κ2) is 5.34. The summed E-state index contributed by atoms with van der Waals surface area (Å²) in [5.74, 6) is 0.993. The van der Waals surface area contributed by atoms with Gasteiger partial charge in [0.05, 0.1) is 0 Å². The van der Waals surface area contributed by atoms with Crippen LogP contribution in [0.25, 0.3) is 0 Å². The summed E-state index contributed by atoms with van der Waals surface area (Å²) in [7, 11) is 0. The van der Waals surface area contributed by atoms with Crippen LogP contribution in [-0.2, 0) is 0 Å². The number of nitrogens with zero attached hydrogens (tertiary/aromatic N) is 1. The van der Waals surface area contributed by atoms with Crippen LogP contribution in [0.2, 0.25) is 0 Å². The van der Waals surface area contributed by atoms with E-state index in [1.54, 1.807) is 0 Å². The summed E-state index contributed by atoms with van der Waals surface area (Å²) in [5, 5.41) is 7.73. The van der Waals surface area contributed by atoms with Crippen molar-refractivity contribution in [3.8, 4) is 0 Å². The summed E-state index contributed by atoms with van der Waals surface area (Å²) in [5.41, 5.74) is 0. The van der Waals surface area contributed by atoms with Gasteiger partial charge in [-0.3, -0.25) is 4.90 Å². The van der Waals surface area contributed by atoms with Crippen LogP contribution in [0, 0.1) is 5.92 Å². The Kier molecular flexibility index (Phi) is 3.55. The molecule has 2 saturated heterocycles. The summed E-state index contributed by atoms with van der Waals surface area (Å²) in [6, 6.07) is 3.33. The molecule has 4 fully saturated rings. The molecule has 0 bridgehead atoms. The first-order chi connectivity index (χ1) is 9.38. The van der Waals surface area contributed by atoms with E-state index in [9.17, 15) is 0 Å². The molecule has 0 aromatic heterocycles. The fraction of sp³-hybridized carbons (Fsp3) is 1.00. The Bertz CT molecular complexity index is 301. The van der Waals surface area contributed by atoms with Gasteiger partial charge in [-0.2, -0.15) is 0 Å². The molecule has 2 N–H and O–H groups in total. The Morgan fingerprint density at radius 1 is 1.05 bits per heavy atom. The molecule has 19 heavy (non-hydrogen) atoms. The average Bonchev–Trinajstić information content (AvgIpc) is 3.03. The van der Waals surface area contributed by atoms with E-state index < -0.39 is 0 Å². The quantitative estimate of drug-likeness (QED) is 0.809. The molecule has 4 aliphatic rings. The molecule has 4 unspecified atom stereocenters. The highest BCUT2D eigenvalue weighted by molar-refractivity contribution is 4.96. The summed E-state index contributed by atoms with van der Waals surface area (Å²) in [6.07, 6.45) is 11.6. The van der Waals surface area contributed by atoms with Crippen molar-refractivity contribution in [2.24, 2.45) is 5.92 Å². The van der Waals surface area contributed by atoms with Gasteiger partial charge in [-0.25, -0.2) is 0 Å². The summed E-state index contributed by atoms with van der Waals surface area (Å²) in [4.78, 5) is 2.71. The zero-order valence-electron chi connectivity index (χ0n) is 12.1. The van der Waals surface area contributed by atoms with Crippen molar-refractivity contribution < 1.29 is 0 Å². The van der Waals surface area contributed by atoms with E-state index in [4.69, 9.17) is 0 Å². The van der Waals surface area contributed by atoms with Gasteiger partial charge < -0.3 is 10.6 Å². The Balaban J connectivity index is 1.20. The average molecular weight is 263 g/mol. The normalized spacial score (nSPS) is 43.6. The Morgan fingerprint density at radius 3 is 2.79 bits per heavy atom. The van der Waals surface area contributed by atoms with E-state index in [-0.39, 0.29) is 0 Å². The number of hydrogen-bond acceptors (Lipinski definition) is 3. The minimum absolute atomic E-state index is 0.753. The molecule has 4 atom stereocenters. The number of nitrogens with one attached hydrogen (secondary N) is 2. The van der Waals surface area contributed by atoms with Crippen LogP contribution in [0.4, 0.5) is 0 Å². The van der Waals surface area contributed by atoms with Crippen molar-refractivity contribution >= 4 is 0 Å². The highest BCUT2D eigenvalue weighted by Crippen LogP contribution is 2.33. The van der Waals surface area contributed by atoms with E-state index >= 15 is 0 Å². The second-order valence-corrected chi connectivity index (χ2v) is 7.37. The van der Waals surface area contributed by atoms with Crippen molar-refractivity contribution in [3.05, 3.63) is 0 Å². The van der Waals surface area contributed by atoms with Gasteiger partial charge in [-0.05, 0) is 44.4 Å². The second-order valence-electron chi connectivity index (χ2n) is 7.37. The van der Waals surface area contributed by atoms with Gasteiger partial charge in [0.25, 0.3) is 0 Å². The fourth-order valence-electron chi connectivity index (χ4n) is 4.62. The van der Waals surface area contributed by atoms with E-state index in [1.165, 1.54) is 71.0 Å². The maximum Gasteiger partial charge on any atom is 0.0207 e. The Hall–Kier alpha value is -0.120. The molecule has 0 amide bonds. The standard InChI is InChI=1S/C16H29N3/c1-2-4-16-12(3-1)9-14(18-16)10-17-13-7-8-19(11-13)15-5-6-15/h12-18H,1-11H2. The third-order valence-corrected chi connectivity index (χ3v) is 5.88. The molecule has 2 saturated carbocycles. The van der Waals surface area contributed by atoms with Crippen molar-refractivity contribution in [1.29, 1.82) is 0 Å². The predicted octanol–water partition coefficient (Wildman–Crippen LogP) is 1.73. The molecule has 0 spiro atoms. The molecule has 0 aromatic carbocycles. The number of rotatable bonds is 4. The first-order valence-corrected chi connectivity index (χ1v) is 8.62. The zero-order chi connectivity index (χ0) is 12.7. The van der Waals surface area contributed by atoms with Gasteiger partial charge in [-0.1, -0.05) is 12.8 Å². The topological polar surface area (TPSA) is 27.3 Å². The zero-order valence-corrected chi connectivity index (χ0v) is 12.1. The Morgan fingerprint density at radius 2 is 1.95 bits per heavy atom. The minimum Gasteiger partial charge on any atom is -0.311 e. The summed E-state index contributed by atoms with van der Waals surface area (Å²) < 4.78 is 0. The highest BCUT2D eigenvalue weighted by atomic mass is 15.2. The maximum absolute atomic E-state index is 3.89. The van der Waals surface area contributed by atoms with Gasteiger partial charge in [0.15, 0.2) is 0 Å². The van der Waals surface area contributed by atoms with Gasteiger partial charge in [0, 0.05) is 43.8 Å². The van der Waals surface area contributed by atoms with Crippen molar-refractivity contribution in [2.75, 3.05) is 19.6 Å². The van der Waals surface area contributed by atoms with Crippen molar-refractivity contribution in [2.45, 2.75) is 75.5 Å². The molecule has 4 rings (SSSR count). The van der Waals surface area contributed by atoms with Gasteiger partial charge in [0.2, 0.25) is 0 Å². The van der Waals surface area contributed by atoms with Crippen LogP contribution in [0.1, 0.15) is 51.4 Å². The molecule has 3 nitrogen and oxygen atoms in total. The van der Waals surface area contributed by atoms with Crippen molar-refractivity contribution in [1.82, 2.24) is 15.5 Å². The smallest absolute Gasteiger partial charge is 0.0207 e. The van der Waals surface area contributed by atoms with Crippen LogP contribution in [0.15, 0.2) is 0 Å². The lowest BCUT2D eigenvalue weighted by atomic mass is 9.85. The molecule has 2 aliphatic carbocycles. The molecular weight excluding hydrogens is 234 g/mol. The van der Waals surface area contributed by atoms with E-state index in [2.05, 4.69) is 15.5 Å².